The number of nitrogens with zero attached hydrogens (tertiary/aromatic N) is 6. The highest BCUT2D eigenvalue weighted by atomic mass is 16.7. The molecule has 2 aromatic rings. The monoisotopic (exact) mass is 371 g/mol. The lowest BCUT2D eigenvalue weighted by atomic mass is 10.1. The molecule has 1 aromatic heterocycles. The van der Waals surface area contributed by atoms with Crippen molar-refractivity contribution in [1.29, 1.82) is 0 Å². The van der Waals surface area contributed by atoms with Crippen molar-refractivity contribution < 1.29 is 9.47 Å². The highest BCUT2D eigenvalue weighted by Gasteiger charge is 2.20. The van der Waals surface area contributed by atoms with E-state index < -0.39 is 0 Å². The Bertz CT molecular complexity index is 806. The Kier molecular flexibility index (Phi) is 4.95. The average Bonchev–Trinajstić information content (AvgIpc) is 3.10. The number of aromatic nitrogens is 3. The maximum atomic E-state index is 5.81. The standard InChI is InChI=1S/C18H25N7O2/c1-23(2)18-21-16(20-17(19)22-18)11-25-7-5-24(6-8-25)10-13-3-4-14-15(9-13)27-12-26-14/h3-4,9H,5-8,10-12H2,1-2H3,(H2,19,20,21,22). The number of benzene rings is 1. The zero-order valence-corrected chi connectivity index (χ0v) is 15.8. The molecule has 0 radical (unpaired) electrons. The summed E-state index contributed by atoms with van der Waals surface area (Å²) < 4.78 is 10.8. The summed E-state index contributed by atoms with van der Waals surface area (Å²) in [6, 6.07) is 6.17. The second kappa shape index (κ2) is 7.53. The summed E-state index contributed by atoms with van der Waals surface area (Å²) in [4.78, 5) is 19.5. The van der Waals surface area contributed by atoms with Crippen molar-refractivity contribution in [1.82, 2.24) is 24.8 Å². The maximum Gasteiger partial charge on any atom is 0.231 e. The molecular formula is C18H25N7O2. The molecule has 2 aliphatic rings. The van der Waals surface area contributed by atoms with Crippen molar-refractivity contribution in [2.45, 2.75) is 13.1 Å². The lowest BCUT2D eigenvalue weighted by molar-refractivity contribution is 0.120. The van der Waals surface area contributed by atoms with Gasteiger partial charge in [0.25, 0.3) is 0 Å². The molecule has 0 aliphatic carbocycles. The van der Waals surface area contributed by atoms with Gasteiger partial charge in [-0.25, -0.2) is 0 Å². The summed E-state index contributed by atoms with van der Waals surface area (Å²) in [6.45, 7) is 5.83. The third kappa shape index (κ3) is 4.20. The second-order valence-electron chi connectivity index (χ2n) is 7.04. The molecule has 0 amide bonds. The molecule has 0 saturated carbocycles. The molecule has 3 heterocycles. The number of rotatable bonds is 5. The van der Waals surface area contributed by atoms with E-state index in [4.69, 9.17) is 15.2 Å². The van der Waals surface area contributed by atoms with Crippen molar-refractivity contribution in [3.8, 4) is 11.5 Å². The van der Waals surface area contributed by atoms with Crippen LogP contribution in [0, 0.1) is 0 Å². The fourth-order valence-corrected chi connectivity index (χ4v) is 3.30. The topological polar surface area (TPSA) is 92.9 Å². The first-order chi connectivity index (χ1) is 13.1. The van der Waals surface area contributed by atoms with Gasteiger partial charge in [-0.05, 0) is 17.7 Å². The average molecular weight is 371 g/mol. The Morgan fingerprint density at radius 2 is 1.67 bits per heavy atom. The molecule has 0 bridgehead atoms. The minimum Gasteiger partial charge on any atom is -0.454 e. The van der Waals surface area contributed by atoms with E-state index in [2.05, 4.69) is 36.9 Å². The minimum absolute atomic E-state index is 0.269. The van der Waals surface area contributed by atoms with Crippen LogP contribution in [0.2, 0.25) is 0 Å². The predicted octanol–water partition coefficient (Wildman–Crippen LogP) is 0.566. The van der Waals surface area contributed by atoms with Gasteiger partial charge in [0.2, 0.25) is 18.7 Å². The summed E-state index contributed by atoms with van der Waals surface area (Å²) in [5.74, 6) is 3.26. The van der Waals surface area contributed by atoms with Crippen LogP contribution in [0.15, 0.2) is 18.2 Å². The van der Waals surface area contributed by atoms with Crippen LogP contribution < -0.4 is 20.1 Å². The highest BCUT2D eigenvalue weighted by Crippen LogP contribution is 2.32. The molecular weight excluding hydrogens is 346 g/mol. The Labute approximate surface area is 158 Å². The smallest absolute Gasteiger partial charge is 0.231 e. The molecule has 0 spiro atoms. The molecule has 9 heteroatoms. The zero-order valence-electron chi connectivity index (χ0n) is 15.8. The lowest BCUT2D eigenvalue weighted by Gasteiger charge is -2.34. The van der Waals surface area contributed by atoms with Crippen LogP contribution in [0.5, 0.6) is 11.5 Å². The van der Waals surface area contributed by atoms with Gasteiger partial charge in [0.1, 0.15) is 5.82 Å². The molecule has 144 valence electrons. The molecule has 2 aliphatic heterocycles. The van der Waals surface area contributed by atoms with Crippen LogP contribution in [0.4, 0.5) is 11.9 Å². The largest absolute Gasteiger partial charge is 0.454 e. The quantitative estimate of drug-likeness (QED) is 0.809. The first-order valence-corrected chi connectivity index (χ1v) is 9.08. The molecule has 9 nitrogen and oxygen atoms in total. The molecule has 27 heavy (non-hydrogen) atoms. The van der Waals surface area contributed by atoms with Crippen molar-refractivity contribution in [2.24, 2.45) is 0 Å². The van der Waals surface area contributed by atoms with Gasteiger partial charge in [-0.15, -0.1) is 0 Å². The van der Waals surface area contributed by atoms with E-state index in [1.807, 2.05) is 25.1 Å². The molecule has 0 unspecified atom stereocenters. The van der Waals surface area contributed by atoms with Crippen molar-refractivity contribution >= 4 is 11.9 Å². The number of nitrogens with two attached hydrogens (primary N) is 1. The highest BCUT2D eigenvalue weighted by molar-refractivity contribution is 5.44. The van der Waals surface area contributed by atoms with Crippen molar-refractivity contribution in [3.05, 3.63) is 29.6 Å². The Balaban J connectivity index is 1.31. The Morgan fingerprint density at radius 3 is 2.41 bits per heavy atom. The summed E-state index contributed by atoms with van der Waals surface area (Å²) >= 11 is 0. The number of ether oxygens (including phenoxy) is 2. The minimum atomic E-state index is 0.269. The number of hydrogen-bond donors (Lipinski definition) is 1. The third-order valence-electron chi connectivity index (χ3n) is 4.76. The van der Waals surface area contributed by atoms with Crippen molar-refractivity contribution in [2.75, 3.05) is 57.7 Å². The zero-order chi connectivity index (χ0) is 18.8. The van der Waals surface area contributed by atoms with Gasteiger partial charge in [0, 0.05) is 46.8 Å². The van der Waals surface area contributed by atoms with E-state index in [9.17, 15) is 0 Å². The number of piperazine rings is 1. The normalized spacial score (nSPS) is 17.3. The molecule has 1 aromatic carbocycles. The summed E-state index contributed by atoms with van der Waals surface area (Å²) in [6.07, 6.45) is 0. The third-order valence-corrected chi connectivity index (χ3v) is 4.76. The number of anilines is 2. The van der Waals surface area contributed by atoms with E-state index in [1.165, 1.54) is 5.56 Å². The van der Waals surface area contributed by atoms with E-state index in [1.54, 1.807) is 0 Å². The van der Waals surface area contributed by atoms with Gasteiger partial charge in [0.15, 0.2) is 11.5 Å². The molecule has 2 N–H and O–H groups in total. The van der Waals surface area contributed by atoms with E-state index in [0.29, 0.717) is 19.3 Å². The Morgan fingerprint density at radius 1 is 0.963 bits per heavy atom. The van der Waals surface area contributed by atoms with Gasteiger partial charge in [-0.1, -0.05) is 6.07 Å². The van der Waals surface area contributed by atoms with Crippen LogP contribution >= 0.6 is 0 Å². The van der Waals surface area contributed by atoms with E-state index in [-0.39, 0.29) is 5.95 Å². The van der Waals surface area contributed by atoms with Gasteiger partial charge in [-0.2, -0.15) is 15.0 Å². The van der Waals surface area contributed by atoms with Crippen LogP contribution in [0.3, 0.4) is 0 Å². The summed E-state index contributed by atoms with van der Waals surface area (Å²) in [5.41, 5.74) is 7.06. The summed E-state index contributed by atoms with van der Waals surface area (Å²) in [5, 5.41) is 0. The van der Waals surface area contributed by atoms with Crippen LogP contribution in [0.25, 0.3) is 0 Å². The predicted molar refractivity (Wildman–Crippen MR) is 102 cm³/mol. The van der Waals surface area contributed by atoms with Crippen molar-refractivity contribution in [3.63, 3.8) is 0 Å². The molecule has 1 saturated heterocycles. The molecule has 4 rings (SSSR count). The molecule has 0 atom stereocenters. The summed E-state index contributed by atoms with van der Waals surface area (Å²) in [7, 11) is 3.79. The number of fused-ring (bicyclic) bond motifs is 1. The Hall–Kier alpha value is -2.65. The van der Waals surface area contributed by atoms with Crippen LogP contribution in [-0.2, 0) is 13.1 Å². The second-order valence-corrected chi connectivity index (χ2v) is 7.04. The number of hydrogen-bond acceptors (Lipinski definition) is 9. The van der Waals surface area contributed by atoms with Gasteiger partial charge in [0.05, 0.1) is 6.54 Å². The van der Waals surface area contributed by atoms with E-state index >= 15 is 0 Å². The number of nitrogen functional groups attached to an aromatic ring is 1. The fourth-order valence-electron chi connectivity index (χ4n) is 3.30. The maximum absolute atomic E-state index is 5.81. The SMILES string of the molecule is CN(C)c1nc(N)nc(CN2CCN(Cc3ccc4c(c3)OCO4)CC2)n1. The fraction of sp³-hybridized carbons (Fsp3) is 0.500. The first-order valence-electron chi connectivity index (χ1n) is 9.08. The van der Waals surface area contributed by atoms with Gasteiger partial charge < -0.3 is 20.1 Å². The first kappa shape index (κ1) is 17.7. The van der Waals surface area contributed by atoms with E-state index in [0.717, 1.165) is 50.0 Å². The molecule has 1 fully saturated rings. The van der Waals surface area contributed by atoms with Gasteiger partial charge >= 0.3 is 0 Å². The lowest BCUT2D eigenvalue weighted by Crippen LogP contribution is -2.45. The van der Waals surface area contributed by atoms with Crippen LogP contribution in [0.1, 0.15) is 11.4 Å². The van der Waals surface area contributed by atoms with Crippen LogP contribution in [-0.4, -0.2) is 71.8 Å². The van der Waals surface area contributed by atoms with Gasteiger partial charge in [-0.3, -0.25) is 9.80 Å².